The first-order valence-electron chi connectivity index (χ1n) is 6.50. The number of benzene rings is 1. The molecule has 0 spiro atoms. The van der Waals surface area contributed by atoms with E-state index in [0.29, 0.717) is 16.5 Å². The number of hydrogen-bond donors (Lipinski definition) is 3. The van der Waals surface area contributed by atoms with Crippen LogP contribution in [-0.2, 0) is 4.79 Å². The summed E-state index contributed by atoms with van der Waals surface area (Å²) in [7, 11) is 0. The van der Waals surface area contributed by atoms with Crippen molar-refractivity contribution >= 4 is 17.5 Å². The van der Waals surface area contributed by atoms with Gasteiger partial charge in [-0.2, -0.15) is 0 Å². The molecule has 2 atom stereocenters. The molecule has 5 heteroatoms. The highest BCUT2D eigenvalue weighted by atomic mass is 35.5. The molecule has 1 amide bonds. The summed E-state index contributed by atoms with van der Waals surface area (Å²) >= 11 is 5.86. The van der Waals surface area contributed by atoms with Gasteiger partial charge in [-0.05, 0) is 36.7 Å². The van der Waals surface area contributed by atoms with Crippen LogP contribution in [0.1, 0.15) is 18.6 Å². The Hall–Kier alpha value is -1.10. The van der Waals surface area contributed by atoms with Gasteiger partial charge in [0, 0.05) is 17.5 Å². The zero-order chi connectivity index (χ0) is 13.8. The van der Waals surface area contributed by atoms with E-state index in [4.69, 9.17) is 11.6 Å². The minimum atomic E-state index is -0.727. The number of hydrogen-bond acceptors (Lipinski definition) is 3. The monoisotopic (exact) mass is 282 g/mol. The summed E-state index contributed by atoms with van der Waals surface area (Å²) in [5.74, 6) is 0.378. The lowest BCUT2D eigenvalue weighted by Gasteiger charge is -2.31. The molecular formula is C14H19ClN2O2. The molecule has 0 bridgehead atoms. The summed E-state index contributed by atoms with van der Waals surface area (Å²) < 4.78 is 0. The Kier molecular flexibility index (Phi) is 4.80. The van der Waals surface area contributed by atoms with Crippen molar-refractivity contribution in [3.8, 4) is 0 Å². The normalized spacial score (nSPS) is 18.5. The maximum Gasteiger partial charge on any atom is 0.223 e. The second-order valence-electron chi connectivity index (χ2n) is 5.02. The molecule has 0 aromatic heterocycles. The Balaban J connectivity index is 1.82. The van der Waals surface area contributed by atoms with Crippen molar-refractivity contribution in [3.63, 3.8) is 0 Å². The van der Waals surface area contributed by atoms with Crippen LogP contribution >= 0.6 is 11.6 Å². The molecule has 1 fully saturated rings. The maximum atomic E-state index is 11.9. The number of aliphatic hydroxyl groups excluding tert-OH is 1. The zero-order valence-electron chi connectivity index (χ0n) is 10.9. The smallest absolute Gasteiger partial charge is 0.223 e. The predicted octanol–water partition coefficient (Wildman–Crippen LogP) is 1.35. The highest BCUT2D eigenvalue weighted by Crippen LogP contribution is 2.18. The van der Waals surface area contributed by atoms with Gasteiger partial charge in [-0.15, -0.1) is 0 Å². The summed E-state index contributed by atoms with van der Waals surface area (Å²) in [5, 5.41) is 16.5. The lowest BCUT2D eigenvalue weighted by molar-refractivity contribution is -0.127. The second-order valence-corrected chi connectivity index (χ2v) is 5.46. The summed E-state index contributed by atoms with van der Waals surface area (Å²) in [6.07, 6.45) is -0.727. The number of carbonyl (C=O) groups is 1. The summed E-state index contributed by atoms with van der Waals surface area (Å²) in [4.78, 5) is 11.9. The van der Waals surface area contributed by atoms with Crippen LogP contribution in [0, 0.1) is 11.8 Å². The van der Waals surface area contributed by atoms with Crippen LogP contribution in [0.5, 0.6) is 0 Å². The van der Waals surface area contributed by atoms with Crippen LogP contribution in [0.2, 0.25) is 5.02 Å². The molecule has 1 saturated heterocycles. The molecule has 2 unspecified atom stereocenters. The Morgan fingerprint density at radius 2 is 2.32 bits per heavy atom. The van der Waals surface area contributed by atoms with Gasteiger partial charge in [0.2, 0.25) is 5.91 Å². The van der Waals surface area contributed by atoms with Crippen molar-refractivity contribution in [1.82, 2.24) is 10.6 Å². The predicted molar refractivity (Wildman–Crippen MR) is 74.9 cm³/mol. The third-order valence-electron chi connectivity index (χ3n) is 3.64. The first kappa shape index (κ1) is 14.3. The molecule has 1 aromatic carbocycles. The molecule has 2 rings (SSSR count). The van der Waals surface area contributed by atoms with E-state index in [0.717, 1.165) is 13.1 Å². The van der Waals surface area contributed by atoms with Crippen molar-refractivity contribution in [1.29, 1.82) is 0 Å². The Labute approximate surface area is 118 Å². The van der Waals surface area contributed by atoms with Crippen LogP contribution in [0.25, 0.3) is 0 Å². The van der Waals surface area contributed by atoms with Crippen molar-refractivity contribution in [3.05, 3.63) is 34.9 Å². The molecule has 1 heterocycles. The van der Waals surface area contributed by atoms with Gasteiger partial charge in [-0.25, -0.2) is 0 Å². The zero-order valence-corrected chi connectivity index (χ0v) is 11.7. The van der Waals surface area contributed by atoms with Gasteiger partial charge in [-0.3, -0.25) is 4.79 Å². The number of amides is 1. The van der Waals surface area contributed by atoms with Crippen LogP contribution in [0.15, 0.2) is 24.3 Å². The van der Waals surface area contributed by atoms with E-state index in [2.05, 4.69) is 10.6 Å². The van der Waals surface area contributed by atoms with E-state index in [1.807, 2.05) is 6.92 Å². The first-order valence-corrected chi connectivity index (χ1v) is 6.87. The summed E-state index contributed by atoms with van der Waals surface area (Å²) in [6, 6.07) is 7.03. The SMILES string of the molecule is CC(C(=O)NCC(O)c1cccc(Cl)c1)C1CNC1. The molecule has 0 radical (unpaired) electrons. The minimum absolute atomic E-state index is 0.00687. The Bertz CT molecular complexity index is 449. The number of halogens is 1. The average Bonchev–Trinajstić information content (AvgIpc) is 2.33. The molecule has 1 aromatic rings. The summed E-state index contributed by atoms with van der Waals surface area (Å²) in [5.41, 5.74) is 0.714. The number of rotatable bonds is 5. The fourth-order valence-electron chi connectivity index (χ4n) is 2.07. The van der Waals surface area contributed by atoms with Crippen molar-refractivity contribution in [2.75, 3.05) is 19.6 Å². The highest BCUT2D eigenvalue weighted by molar-refractivity contribution is 6.30. The topological polar surface area (TPSA) is 61.4 Å². The lowest BCUT2D eigenvalue weighted by Crippen LogP contribution is -2.50. The maximum absolute atomic E-state index is 11.9. The van der Waals surface area contributed by atoms with Gasteiger partial charge in [0.05, 0.1) is 6.10 Å². The molecule has 0 aliphatic carbocycles. The molecule has 0 saturated carbocycles. The van der Waals surface area contributed by atoms with Crippen LogP contribution in [0.3, 0.4) is 0 Å². The van der Waals surface area contributed by atoms with E-state index >= 15 is 0 Å². The van der Waals surface area contributed by atoms with E-state index in [9.17, 15) is 9.90 Å². The third kappa shape index (κ3) is 3.69. The molecule has 4 nitrogen and oxygen atoms in total. The van der Waals surface area contributed by atoms with E-state index < -0.39 is 6.10 Å². The Morgan fingerprint density at radius 3 is 2.89 bits per heavy atom. The fraction of sp³-hybridized carbons (Fsp3) is 0.500. The van der Waals surface area contributed by atoms with Gasteiger partial charge >= 0.3 is 0 Å². The first-order chi connectivity index (χ1) is 9.08. The molecular weight excluding hydrogens is 264 g/mol. The second kappa shape index (κ2) is 6.37. The van der Waals surface area contributed by atoms with E-state index in [-0.39, 0.29) is 18.4 Å². The van der Waals surface area contributed by atoms with Gasteiger partial charge in [0.1, 0.15) is 0 Å². The fourth-order valence-corrected chi connectivity index (χ4v) is 2.27. The Morgan fingerprint density at radius 1 is 1.58 bits per heavy atom. The molecule has 1 aliphatic rings. The third-order valence-corrected chi connectivity index (χ3v) is 3.87. The van der Waals surface area contributed by atoms with Crippen molar-refractivity contribution < 1.29 is 9.90 Å². The standard InChI is InChI=1S/C14H19ClN2O2/c1-9(11-6-16-7-11)14(19)17-8-13(18)10-3-2-4-12(15)5-10/h2-5,9,11,13,16,18H,6-8H2,1H3,(H,17,19). The van der Waals surface area contributed by atoms with Gasteiger partial charge in [0.15, 0.2) is 0 Å². The number of carbonyl (C=O) groups excluding carboxylic acids is 1. The van der Waals surface area contributed by atoms with Crippen LogP contribution < -0.4 is 10.6 Å². The van der Waals surface area contributed by atoms with Crippen LogP contribution in [0.4, 0.5) is 0 Å². The van der Waals surface area contributed by atoms with Gasteiger partial charge in [0.25, 0.3) is 0 Å². The number of aliphatic hydroxyl groups is 1. The molecule has 104 valence electrons. The van der Waals surface area contributed by atoms with Crippen LogP contribution in [-0.4, -0.2) is 30.6 Å². The molecule has 3 N–H and O–H groups in total. The molecule has 19 heavy (non-hydrogen) atoms. The average molecular weight is 283 g/mol. The quantitative estimate of drug-likeness (QED) is 0.764. The van der Waals surface area contributed by atoms with E-state index in [1.165, 1.54) is 0 Å². The minimum Gasteiger partial charge on any atom is -0.387 e. The highest BCUT2D eigenvalue weighted by Gasteiger charge is 2.28. The number of nitrogens with one attached hydrogen (secondary N) is 2. The largest absolute Gasteiger partial charge is 0.387 e. The lowest BCUT2D eigenvalue weighted by atomic mass is 9.88. The van der Waals surface area contributed by atoms with Crippen molar-refractivity contribution in [2.24, 2.45) is 11.8 Å². The summed E-state index contributed by atoms with van der Waals surface area (Å²) in [6.45, 7) is 3.92. The van der Waals surface area contributed by atoms with Crippen molar-refractivity contribution in [2.45, 2.75) is 13.0 Å². The van der Waals surface area contributed by atoms with Gasteiger partial charge < -0.3 is 15.7 Å². The molecule has 1 aliphatic heterocycles. The van der Waals surface area contributed by atoms with Gasteiger partial charge in [-0.1, -0.05) is 30.7 Å². The van der Waals surface area contributed by atoms with E-state index in [1.54, 1.807) is 24.3 Å².